The van der Waals surface area contributed by atoms with E-state index < -0.39 is 0 Å². The van der Waals surface area contributed by atoms with Crippen LogP contribution in [0.1, 0.15) is 50.7 Å². The molecule has 20 heavy (non-hydrogen) atoms. The number of carbonyl (C=O) groups excluding carboxylic acids is 1. The van der Waals surface area contributed by atoms with Crippen molar-refractivity contribution in [3.63, 3.8) is 0 Å². The van der Waals surface area contributed by atoms with Gasteiger partial charge in [0.15, 0.2) is 0 Å². The van der Waals surface area contributed by atoms with Gasteiger partial charge in [-0.15, -0.1) is 0 Å². The van der Waals surface area contributed by atoms with Crippen LogP contribution in [-0.4, -0.2) is 11.0 Å². The Morgan fingerprint density at radius 1 is 1.30 bits per heavy atom. The molecule has 0 unspecified atom stereocenters. The smallest absolute Gasteiger partial charge is 0.226 e. The van der Waals surface area contributed by atoms with Crippen molar-refractivity contribution >= 4 is 5.91 Å². The Hall–Kier alpha value is -1.35. The van der Waals surface area contributed by atoms with Gasteiger partial charge in [-0.05, 0) is 36.3 Å². The fourth-order valence-corrected chi connectivity index (χ4v) is 3.16. The molecule has 3 heteroatoms. The van der Waals surface area contributed by atoms with E-state index in [1.165, 1.54) is 0 Å². The van der Waals surface area contributed by atoms with Crippen LogP contribution < -0.4 is 5.32 Å². The number of amides is 1. The largest absolute Gasteiger partial charge is 0.392 e. The van der Waals surface area contributed by atoms with E-state index in [4.69, 9.17) is 0 Å². The van der Waals surface area contributed by atoms with Crippen molar-refractivity contribution in [3.05, 3.63) is 35.4 Å². The Bertz CT molecular complexity index is 464. The van der Waals surface area contributed by atoms with E-state index in [-0.39, 0.29) is 17.9 Å². The molecule has 0 spiro atoms. The van der Waals surface area contributed by atoms with Crippen molar-refractivity contribution in [2.45, 2.75) is 52.7 Å². The van der Waals surface area contributed by atoms with Crippen molar-refractivity contribution in [1.29, 1.82) is 0 Å². The second-order valence-electron chi connectivity index (χ2n) is 6.34. The van der Waals surface area contributed by atoms with Gasteiger partial charge in [0.1, 0.15) is 0 Å². The topological polar surface area (TPSA) is 49.3 Å². The van der Waals surface area contributed by atoms with E-state index in [0.29, 0.717) is 12.5 Å². The van der Waals surface area contributed by atoms with Gasteiger partial charge in [0.05, 0.1) is 6.61 Å². The first-order valence-electron chi connectivity index (χ1n) is 7.53. The molecule has 1 aliphatic carbocycles. The van der Waals surface area contributed by atoms with Gasteiger partial charge in [0, 0.05) is 12.0 Å². The van der Waals surface area contributed by atoms with Crippen LogP contribution in [0.2, 0.25) is 0 Å². The Balaban J connectivity index is 1.97. The number of hydrogen-bond donors (Lipinski definition) is 2. The van der Waals surface area contributed by atoms with Gasteiger partial charge in [-0.1, -0.05) is 44.5 Å². The van der Waals surface area contributed by atoms with Crippen LogP contribution in [-0.2, 0) is 17.9 Å². The van der Waals surface area contributed by atoms with Crippen molar-refractivity contribution in [1.82, 2.24) is 5.32 Å². The molecule has 110 valence electrons. The lowest BCUT2D eigenvalue weighted by Crippen LogP contribution is -2.46. The molecule has 1 aromatic rings. The van der Waals surface area contributed by atoms with Crippen LogP contribution in [0.25, 0.3) is 0 Å². The third kappa shape index (κ3) is 3.21. The summed E-state index contributed by atoms with van der Waals surface area (Å²) < 4.78 is 0. The van der Waals surface area contributed by atoms with Crippen LogP contribution in [0, 0.1) is 11.3 Å². The van der Waals surface area contributed by atoms with E-state index in [0.717, 1.165) is 36.8 Å². The molecule has 0 radical (unpaired) electrons. The lowest BCUT2D eigenvalue weighted by molar-refractivity contribution is -0.137. The summed E-state index contributed by atoms with van der Waals surface area (Å²) in [5, 5.41) is 12.4. The first-order chi connectivity index (χ1) is 9.57. The van der Waals surface area contributed by atoms with Crippen LogP contribution in [0.3, 0.4) is 0 Å². The molecule has 1 saturated carbocycles. The molecule has 0 bridgehead atoms. The third-order valence-corrected chi connectivity index (χ3v) is 4.32. The summed E-state index contributed by atoms with van der Waals surface area (Å²) in [7, 11) is 0. The zero-order valence-electron chi connectivity index (χ0n) is 12.5. The van der Waals surface area contributed by atoms with Crippen molar-refractivity contribution in [2.24, 2.45) is 11.3 Å². The number of benzene rings is 1. The van der Waals surface area contributed by atoms with Crippen molar-refractivity contribution in [3.8, 4) is 0 Å². The summed E-state index contributed by atoms with van der Waals surface area (Å²) >= 11 is 0. The maximum atomic E-state index is 12.5. The highest BCUT2D eigenvalue weighted by atomic mass is 16.3. The SMILES string of the molecule is CC(C)CC1(C(=O)NCc2ccccc2CO)CCC1. The number of nitrogens with one attached hydrogen (secondary N) is 1. The van der Waals surface area contributed by atoms with Crippen LogP contribution in [0.5, 0.6) is 0 Å². The molecule has 0 atom stereocenters. The average molecular weight is 275 g/mol. The summed E-state index contributed by atoms with van der Waals surface area (Å²) in [4.78, 5) is 12.5. The predicted molar refractivity (Wildman–Crippen MR) is 80.0 cm³/mol. The second kappa shape index (κ2) is 6.40. The highest BCUT2D eigenvalue weighted by Gasteiger charge is 2.43. The summed E-state index contributed by atoms with van der Waals surface area (Å²) in [6, 6.07) is 7.70. The Morgan fingerprint density at radius 3 is 2.45 bits per heavy atom. The summed E-state index contributed by atoms with van der Waals surface area (Å²) in [6.45, 7) is 4.88. The van der Waals surface area contributed by atoms with E-state index in [9.17, 15) is 9.90 Å². The van der Waals surface area contributed by atoms with Crippen molar-refractivity contribution in [2.75, 3.05) is 0 Å². The fraction of sp³-hybridized carbons (Fsp3) is 0.588. The second-order valence-corrected chi connectivity index (χ2v) is 6.34. The number of hydrogen-bond acceptors (Lipinski definition) is 2. The van der Waals surface area contributed by atoms with E-state index in [2.05, 4.69) is 19.2 Å². The van der Waals surface area contributed by atoms with Crippen LogP contribution in [0.15, 0.2) is 24.3 Å². The molecule has 0 aromatic heterocycles. The van der Waals surface area contributed by atoms with Gasteiger partial charge in [0.25, 0.3) is 0 Å². The van der Waals surface area contributed by atoms with Crippen molar-refractivity contribution < 1.29 is 9.90 Å². The first-order valence-corrected chi connectivity index (χ1v) is 7.53. The van der Waals surface area contributed by atoms with Gasteiger partial charge in [-0.2, -0.15) is 0 Å². The molecule has 1 aromatic carbocycles. The van der Waals surface area contributed by atoms with Gasteiger partial charge >= 0.3 is 0 Å². The normalized spacial score (nSPS) is 16.8. The van der Waals surface area contributed by atoms with Gasteiger partial charge in [0.2, 0.25) is 5.91 Å². The maximum absolute atomic E-state index is 12.5. The molecule has 1 aliphatic rings. The lowest BCUT2D eigenvalue weighted by Gasteiger charge is -2.41. The fourth-order valence-electron chi connectivity index (χ4n) is 3.16. The highest BCUT2D eigenvalue weighted by molar-refractivity contribution is 5.83. The molecule has 0 saturated heterocycles. The highest BCUT2D eigenvalue weighted by Crippen LogP contribution is 2.46. The molecule has 1 amide bonds. The quantitative estimate of drug-likeness (QED) is 0.838. The molecular weight excluding hydrogens is 250 g/mol. The van der Waals surface area contributed by atoms with Crippen LogP contribution in [0.4, 0.5) is 0 Å². The summed E-state index contributed by atoms with van der Waals surface area (Å²) in [6.07, 6.45) is 4.16. The number of carbonyl (C=O) groups is 1. The molecule has 2 N–H and O–H groups in total. The lowest BCUT2D eigenvalue weighted by atomic mass is 9.64. The minimum Gasteiger partial charge on any atom is -0.392 e. The van der Waals surface area contributed by atoms with E-state index >= 15 is 0 Å². The van der Waals surface area contributed by atoms with Gasteiger partial charge in [-0.3, -0.25) is 4.79 Å². The maximum Gasteiger partial charge on any atom is 0.226 e. The monoisotopic (exact) mass is 275 g/mol. The minimum absolute atomic E-state index is 0.0170. The standard InChI is InChI=1S/C17H25NO2/c1-13(2)10-17(8-5-9-17)16(20)18-11-14-6-3-4-7-15(14)12-19/h3-4,6-7,13,19H,5,8-12H2,1-2H3,(H,18,20). The number of aliphatic hydroxyl groups is 1. The number of aliphatic hydroxyl groups excluding tert-OH is 1. The van der Waals surface area contributed by atoms with Crippen LogP contribution >= 0.6 is 0 Å². The number of rotatable bonds is 6. The Morgan fingerprint density at radius 2 is 1.95 bits per heavy atom. The molecule has 3 nitrogen and oxygen atoms in total. The first kappa shape index (κ1) is 15.0. The molecular formula is C17H25NO2. The molecule has 0 heterocycles. The summed E-state index contributed by atoms with van der Waals surface area (Å²) in [5.74, 6) is 0.732. The molecule has 0 aliphatic heterocycles. The van der Waals surface area contributed by atoms with Gasteiger partial charge in [-0.25, -0.2) is 0 Å². The van der Waals surface area contributed by atoms with E-state index in [1.54, 1.807) is 0 Å². The predicted octanol–water partition coefficient (Wildman–Crippen LogP) is 3.01. The summed E-state index contributed by atoms with van der Waals surface area (Å²) in [5.41, 5.74) is 1.75. The zero-order chi connectivity index (χ0) is 14.6. The minimum atomic E-state index is -0.137. The van der Waals surface area contributed by atoms with Gasteiger partial charge < -0.3 is 10.4 Å². The average Bonchev–Trinajstić information content (AvgIpc) is 2.40. The Labute approximate surface area is 121 Å². The Kier molecular flexibility index (Phi) is 4.81. The van der Waals surface area contributed by atoms with E-state index in [1.807, 2.05) is 24.3 Å². The third-order valence-electron chi connectivity index (χ3n) is 4.32. The molecule has 2 rings (SSSR count). The molecule has 1 fully saturated rings. The zero-order valence-corrected chi connectivity index (χ0v) is 12.5.